The standard InChI is InChI=1S/C30H27N3O2/c1-21-13-14-22(2)29(15-21)35-20-23-7-5-10-25(16-23)30(34)32-27-17-31-33(19-27)18-26-11-6-9-24-8-3-4-12-28(24)26/h3-17,19H,18,20H2,1-2H3,(H,32,34). The first kappa shape index (κ1) is 22.4. The van der Waals surface area contributed by atoms with Gasteiger partial charge in [-0.25, -0.2) is 0 Å². The van der Waals surface area contributed by atoms with Crippen LogP contribution in [0.2, 0.25) is 0 Å². The van der Waals surface area contributed by atoms with E-state index in [0.717, 1.165) is 22.4 Å². The Morgan fingerprint density at radius 1 is 0.943 bits per heavy atom. The van der Waals surface area contributed by atoms with Crippen LogP contribution in [0.1, 0.15) is 32.6 Å². The number of carbonyl (C=O) groups excluding carboxylic acids is 1. The Morgan fingerprint density at radius 2 is 1.77 bits per heavy atom. The second kappa shape index (κ2) is 9.85. The minimum Gasteiger partial charge on any atom is -0.489 e. The lowest BCUT2D eigenvalue weighted by Gasteiger charge is -2.11. The van der Waals surface area contributed by atoms with Crippen LogP contribution in [0.3, 0.4) is 0 Å². The predicted molar refractivity (Wildman–Crippen MR) is 140 cm³/mol. The average Bonchev–Trinajstić information content (AvgIpc) is 3.31. The Kier molecular flexibility index (Phi) is 6.31. The zero-order valence-electron chi connectivity index (χ0n) is 19.9. The summed E-state index contributed by atoms with van der Waals surface area (Å²) in [6.45, 7) is 5.09. The molecule has 0 fully saturated rings. The number of aromatic nitrogens is 2. The molecule has 4 aromatic carbocycles. The van der Waals surface area contributed by atoms with Crippen LogP contribution in [-0.2, 0) is 13.2 Å². The van der Waals surface area contributed by atoms with Crippen molar-refractivity contribution in [2.24, 2.45) is 0 Å². The van der Waals surface area contributed by atoms with E-state index < -0.39 is 0 Å². The van der Waals surface area contributed by atoms with Gasteiger partial charge >= 0.3 is 0 Å². The molecule has 0 unspecified atom stereocenters. The lowest BCUT2D eigenvalue weighted by Crippen LogP contribution is -2.12. The van der Waals surface area contributed by atoms with Crippen molar-refractivity contribution >= 4 is 22.4 Å². The summed E-state index contributed by atoms with van der Waals surface area (Å²) < 4.78 is 7.84. The fourth-order valence-electron chi connectivity index (χ4n) is 4.15. The maximum atomic E-state index is 12.9. The van der Waals surface area contributed by atoms with Crippen molar-refractivity contribution in [1.82, 2.24) is 9.78 Å². The molecule has 35 heavy (non-hydrogen) atoms. The smallest absolute Gasteiger partial charge is 0.255 e. The molecule has 5 heteroatoms. The van der Waals surface area contributed by atoms with E-state index in [1.54, 1.807) is 12.3 Å². The van der Waals surface area contributed by atoms with Crippen molar-refractivity contribution in [3.05, 3.63) is 125 Å². The number of benzene rings is 4. The zero-order valence-corrected chi connectivity index (χ0v) is 19.9. The number of aryl methyl sites for hydroxylation is 2. The Balaban J connectivity index is 1.24. The summed E-state index contributed by atoms with van der Waals surface area (Å²) >= 11 is 0. The van der Waals surface area contributed by atoms with E-state index >= 15 is 0 Å². The summed E-state index contributed by atoms with van der Waals surface area (Å²) in [7, 11) is 0. The van der Waals surface area contributed by atoms with Crippen LogP contribution >= 0.6 is 0 Å². The van der Waals surface area contributed by atoms with Gasteiger partial charge in [0.05, 0.1) is 18.4 Å². The summed E-state index contributed by atoms with van der Waals surface area (Å²) in [4.78, 5) is 12.9. The molecule has 0 bridgehead atoms. The number of nitrogens with zero attached hydrogens (tertiary/aromatic N) is 2. The van der Waals surface area contributed by atoms with Crippen LogP contribution in [0.4, 0.5) is 5.69 Å². The van der Waals surface area contributed by atoms with Gasteiger partial charge in [0.1, 0.15) is 12.4 Å². The number of hydrogen-bond acceptors (Lipinski definition) is 3. The van der Waals surface area contributed by atoms with E-state index in [0.29, 0.717) is 24.4 Å². The van der Waals surface area contributed by atoms with Gasteiger partial charge in [-0.15, -0.1) is 0 Å². The molecule has 0 aliphatic carbocycles. The summed E-state index contributed by atoms with van der Waals surface area (Å²) in [6.07, 6.45) is 3.53. The molecule has 5 rings (SSSR count). The molecule has 0 aliphatic rings. The lowest BCUT2D eigenvalue weighted by molar-refractivity contribution is 0.102. The molecular weight excluding hydrogens is 434 g/mol. The van der Waals surface area contributed by atoms with E-state index in [4.69, 9.17) is 4.74 Å². The zero-order chi connectivity index (χ0) is 24.2. The largest absolute Gasteiger partial charge is 0.489 e. The average molecular weight is 462 g/mol. The number of nitrogens with one attached hydrogen (secondary N) is 1. The Morgan fingerprint density at radius 3 is 2.69 bits per heavy atom. The first-order chi connectivity index (χ1) is 17.0. The van der Waals surface area contributed by atoms with Crippen LogP contribution in [-0.4, -0.2) is 15.7 Å². The third-order valence-electron chi connectivity index (χ3n) is 6.03. The highest BCUT2D eigenvalue weighted by molar-refractivity contribution is 6.04. The van der Waals surface area contributed by atoms with Gasteiger partial charge in [-0.2, -0.15) is 5.10 Å². The van der Waals surface area contributed by atoms with Gasteiger partial charge in [-0.1, -0.05) is 66.7 Å². The maximum Gasteiger partial charge on any atom is 0.255 e. The minimum atomic E-state index is -0.178. The fourth-order valence-corrected chi connectivity index (χ4v) is 4.15. The summed E-state index contributed by atoms with van der Waals surface area (Å²) in [5.41, 5.74) is 5.59. The number of anilines is 1. The van der Waals surface area contributed by atoms with Crippen molar-refractivity contribution in [2.45, 2.75) is 27.0 Å². The molecule has 0 radical (unpaired) electrons. The molecule has 0 atom stereocenters. The van der Waals surface area contributed by atoms with Gasteiger partial charge in [0.2, 0.25) is 0 Å². The highest BCUT2D eigenvalue weighted by Crippen LogP contribution is 2.22. The second-order valence-corrected chi connectivity index (χ2v) is 8.78. The molecule has 1 heterocycles. The van der Waals surface area contributed by atoms with Crippen LogP contribution in [0.25, 0.3) is 10.8 Å². The van der Waals surface area contributed by atoms with Crippen molar-refractivity contribution < 1.29 is 9.53 Å². The molecule has 1 N–H and O–H groups in total. The number of hydrogen-bond donors (Lipinski definition) is 1. The SMILES string of the molecule is Cc1ccc(C)c(OCc2cccc(C(=O)Nc3cnn(Cc4cccc5ccccc45)c3)c2)c1. The number of fused-ring (bicyclic) bond motifs is 1. The van der Waals surface area contributed by atoms with Crippen LogP contribution in [0.15, 0.2) is 97.3 Å². The molecule has 0 saturated heterocycles. The van der Waals surface area contributed by atoms with Crippen molar-refractivity contribution in [1.29, 1.82) is 0 Å². The molecule has 1 aromatic heterocycles. The first-order valence-electron chi connectivity index (χ1n) is 11.6. The van der Waals surface area contributed by atoms with E-state index in [1.807, 2.05) is 61.1 Å². The summed E-state index contributed by atoms with van der Waals surface area (Å²) in [5.74, 6) is 0.682. The Hall–Kier alpha value is -4.38. The predicted octanol–water partition coefficient (Wildman–Crippen LogP) is 6.53. The van der Waals surface area contributed by atoms with Gasteiger partial charge in [-0.05, 0) is 65.1 Å². The highest BCUT2D eigenvalue weighted by Gasteiger charge is 2.10. The van der Waals surface area contributed by atoms with Gasteiger partial charge < -0.3 is 10.1 Å². The molecule has 174 valence electrons. The van der Waals surface area contributed by atoms with E-state index in [2.05, 4.69) is 52.9 Å². The first-order valence-corrected chi connectivity index (χ1v) is 11.6. The maximum absolute atomic E-state index is 12.9. The van der Waals surface area contributed by atoms with Crippen molar-refractivity contribution in [3.63, 3.8) is 0 Å². The number of carbonyl (C=O) groups is 1. The molecule has 0 saturated carbocycles. The third kappa shape index (κ3) is 5.25. The summed E-state index contributed by atoms with van der Waals surface area (Å²) in [6, 6.07) is 28.2. The van der Waals surface area contributed by atoms with Crippen molar-refractivity contribution in [2.75, 3.05) is 5.32 Å². The monoisotopic (exact) mass is 461 g/mol. The van der Waals surface area contributed by atoms with Crippen LogP contribution < -0.4 is 10.1 Å². The number of ether oxygens (including phenoxy) is 1. The second-order valence-electron chi connectivity index (χ2n) is 8.78. The summed E-state index contributed by atoms with van der Waals surface area (Å²) in [5, 5.41) is 9.80. The van der Waals surface area contributed by atoms with Crippen LogP contribution in [0, 0.1) is 13.8 Å². The molecular formula is C30H27N3O2. The normalized spacial score (nSPS) is 10.9. The Bertz CT molecular complexity index is 1500. The molecule has 5 nitrogen and oxygen atoms in total. The van der Waals surface area contributed by atoms with E-state index in [-0.39, 0.29) is 5.91 Å². The fraction of sp³-hybridized carbons (Fsp3) is 0.133. The van der Waals surface area contributed by atoms with E-state index in [1.165, 1.54) is 16.3 Å². The molecule has 1 amide bonds. The van der Waals surface area contributed by atoms with Gasteiger partial charge in [0, 0.05) is 11.8 Å². The lowest BCUT2D eigenvalue weighted by atomic mass is 10.0. The van der Waals surface area contributed by atoms with Gasteiger partial charge in [0.15, 0.2) is 0 Å². The molecule has 0 aliphatic heterocycles. The number of rotatable bonds is 7. The molecule has 0 spiro atoms. The highest BCUT2D eigenvalue weighted by atomic mass is 16.5. The topological polar surface area (TPSA) is 56.1 Å². The molecule has 5 aromatic rings. The number of amides is 1. The van der Waals surface area contributed by atoms with E-state index in [9.17, 15) is 4.79 Å². The van der Waals surface area contributed by atoms with Gasteiger partial charge in [0.25, 0.3) is 5.91 Å². The van der Waals surface area contributed by atoms with Gasteiger partial charge in [-0.3, -0.25) is 9.48 Å². The third-order valence-corrected chi connectivity index (χ3v) is 6.03. The quantitative estimate of drug-likeness (QED) is 0.300. The minimum absolute atomic E-state index is 0.178. The van der Waals surface area contributed by atoms with Crippen LogP contribution in [0.5, 0.6) is 5.75 Å². The Labute approximate surface area is 205 Å². The van der Waals surface area contributed by atoms with Crippen molar-refractivity contribution in [3.8, 4) is 5.75 Å².